The fraction of sp³-hybridized carbons (Fsp3) is 0.891. The zero-order valence-corrected chi connectivity index (χ0v) is 36.8. The van der Waals surface area contributed by atoms with Crippen LogP contribution in [0.15, 0.2) is 0 Å². The van der Waals surface area contributed by atoms with Crippen LogP contribution >= 0.6 is 0 Å². The molecule has 332 valence electrons. The molecule has 0 radical (unpaired) electrons. The quantitative estimate of drug-likeness (QED) is 0.0339. The van der Waals surface area contributed by atoms with E-state index in [0.29, 0.717) is 32.1 Å². The molecule has 1 unspecified atom stereocenters. The van der Waals surface area contributed by atoms with E-state index < -0.39 is 60.6 Å². The molecule has 1 rings (SSSR count). The Kier molecular flexibility index (Phi) is 32.4. The van der Waals surface area contributed by atoms with Gasteiger partial charge >= 0.3 is 29.8 Å². The molecule has 5 atom stereocenters. The van der Waals surface area contributed by atoms with E-state index in [9.17, 15) is 24.0 Å². The van der Waals surface area contributed by atoms with Gasteiger partial charge in [-0.2, -0.15) is 0 Å². The van der Waals surface area contributed by atoms with Crippen LogP contribution in [0.3, 0.4) is 0 Å². The van der Waals surface area contributed by atoms with Crippen molar-refractivity contribution < 1.29 is 52.4 Å². The van der Waals surface area contributed by atoms with Gasteiger partial charge in [0.2, 0.25) is 12.4 Å². The van der Waals surface area contributed by atoms with E-state index in [1.807, 2.05) is 0 Å². The predicted octanol–water partition coefficient (Wildman–Crippen LogP) is 11.3. The minimum Gasteiger partial charge on any atom is -0.463 e. The highest BCUT2D eigenvalue weighted by molar-refractivity contribution is 5.72. The molecule has 0 aromatic rings. The Balaban J connectivity index is 3.47. The first-order valence-corrected chi connectivity index (χ1v) is 23.3. The standard InChI is InChI=1S/C46H82O11/c1-6-11-16-21-26-31-38(47)52-36-37-43(54-39(48)32-27-22-17-12-7-2)44(55-40(49)33-28-23-18-13-8-3)45(56-41(50)34-29-24-19-14-9-4)46(53-37)57-42(51)35-30-25-20-15-10-5/h37,43-46H,6-36H2,1-5H3/t37-,43-,44+,45-,46?/m1/s1. The minimum atomic E-state index is -1.48. The van der Waals surface area contributed by atoms with E-state index >= 15 is 0 Å². The molecule has 0 aromatic heterocycles. The third kappa shape index (κ3) is 26.1. The fourth-order valence-corrected chi connectivity index (χ4v) is 6.94. The molecule has 11 nitrogen and oxygen atoms in total. The van der Waals surface area contributed by atoms with Crippen LogP contribution < -0.4 is 0 Å². The van der Waals surface area contributed by atoms with Crippen LogP contribution in [-0.2, 0) is 52.4 Å². The lowest BCUT2D eigenvalue weighted by Gasteiger charge is -2.44. The van der Waals surface area contributed by atoms with Crippen molar-refractivity contribution in [3.05, 3.63) is 0 Å². The molecule has 1 saturated heterocycles. The molecular formula is C46H82O11. The lowest BCUT2D eigenvalue weighted by atomic mass is 9.97. The highest BCUT2D eigenvalue weighted by Gasteiger charge is 2.54. The number of hydrogen-bond acceptors (Lipinski definition) is 11. The summed E-state index contributed by atoms with van der Waals surface area (Å²) in [4.78, 5) is 66.7. The second-order valence-electron chi connectivity index (χ2n) is 15.9. The van der Waals surface area contributed by atoms with Crippen LogP contribution in [0.5, 0.6) is 0 Å². The molecule has 0 aromatic carbocycles. The summed E-state index contributed by atoms with van der Waals surface area (Å²) in [6, 6.07) is 0. The predicted molar refractivity (Wildman–Crippen MR) is 222 cm³/mol. The Morgan fingerprint density at radius 1 is 0.351 bits per heavy atom. The van der Waals surface area contributed by atoms with Crippen molar-refractivity contribution in [2.24, 2.45) is 0 Å². The Hall–Kier alpha value is -2.69. The largest absolute Gasteiger partial charge is 0.463 e. The van der Waals surface area contributed by atoms with Crippen LogP contribution in [0.1, 0.15) is 227 Å². The first-order valence-electron chi connectivity index (χ1n) is 23.3. The summed E-state index contributed by atoms with van der Waals surface area (Å²) in [7, 11) is 0. The molecule has 0 aliphatic carbocycles. The Labute approximate surface area is 346 Å². The zero-order chi connectivity index (χ0) is 41.9. The van der Waals surface area contributed by atoms with Crippen LogP contribution in [0.2, 0.25) is 0 Å². The van der Waals surface area contributed by atoms with Crippen molar-refractivity contribution in [1.82, 2.24) is 0 Å². The molecule has 0 amide bonds. The summed E-state index contributed by atoms with van der Waals surface area (Å²) in [6.07, 6.45) is 17.1. The normalized spacial score (nSPS) is 19.1. The van der Waals surface area contributed by atoms with Gasteiger partial charge in [0, 0.05) is 32.1 Å². The van der Waals surface area contributed by atoms with Crippen molar-refractivity contribution in [2.75, 3.05) is 6.61 Å². The molecule has 1 heterocycles. The Morgan fingerprint density at radius 3 is 1.02 bits per heavy atom. The van der Waals surface area contributed by atoms with Gasteiger partial charge in [-0.1, -0.05) is 163 Å². The summed E-state index contributed by atoms with van der Waals surface area (Å²) in [5, 5.41) is 0. The number of hydrogen-bond donors (Lipinski definition) is 0. The van der Waals surface area contributed by atoms with Crippen molar-refractivity contribution in [3.63, 3.8) is 0 Å². The second-order valence-corrected chi connectivity index (χ2v) is 15.9. The molecule has 0 saturated carbocycles. The molecule has 57 heavy (non-hydrogen) atoms. The maximum atomic E-state index is 13.5. The fourth-order valence-electron chi connectivity index (χ4n) is 6.94. The van der Waals surface area contributed by atoms with Gasteiger partial charge in [0.15, 0.2) is 12.2 Å². The first-order chi connectivity index (χ1) is 27.7. The molecule has 1 fully saturated rings. The summed E-state index contributed by atoms with van der Waals surface area (Å²) < 4.78 is 36.1. The average Bonchev–Trinajstić information content (AvgIpc) is 3.19. The maximum absolute atomic E-state index is 13.5. The number of ether oxygens (including phenoxy) is 6. The molecule has 1 aliphatic heterocycles. The Bertz CT molecular complexity index is 1060. The van der Waals surface area contributed by atoms with Gasteiger partial charge in [-0.05, 0) is 32.1 Å². The van der Waals surface area contributed by atoms with E-state index in [-0.39, 0.29) is 38.7 Å². The second kappa shape index (κ2) is 35.3. The van der Waals surface area contributed by atoms with Crippen LogP contribution in [-0.4, -0.2) is 67.2 Å². The molecule has 0 spiro atoms. The van der Waals surface area contributed by atoms with Crippen LogP contribution in [0.4, 0.5) is 0 Å². The Morgan fingerprint density at radius 2 is 0.649 bits per heavy atom. The SMILES string of the molecule is CCCCCCCC(=O)OC[C@H]1OC(OC(=O)CCCCCCC)[C@H](OC(=O)CCCCCCC)[C@@H](OC(=O)CCCCCCC)[C@@H]1OC(=O)CCCCCCC. The third-order valence-electron chi connectivity index (χ3n) is 10.5. The van der Waals surface area contributed by atoms with E-state index in [4.69, 9.17) is 28.4 Å². The third-order valence-corrected chi connectivity index (χ3v) is 10.5. The van der Waals surface area contributed by atoms with Gasteiger partial charge in [-0.15, -0.1) is 0 Å². The summed E-state index contributed by atoms with van der Waals surface area (Å²) >= 11 is 0. The van der Waals surface area contributed by atoms with E-state index in [0.717, 1.165) is 128 Å². The van der Waals surface area contributed by atoms with Crippen molar-refractivity contribution in [2.45, 2.75) is 258 Å². The average molecular weight is 811 g/mol. The van der Waals surface area contributed by atoms with Gasteiger partial charge in [-0.25, -0.2) is 0 Å². The summed E-state index contributed by atoms with van der Waals surface area (Å²) in [5.41, 5.74) is 0. The van der Waals surface area contributed by atoms with Crippen molar-refractivity contribution in [3.8, 4) is 0 Å². The maximum Gasteiger partial charge on any atom is 0.308 e. The number of esters is 5. The van der Waals surface area contributed by atoms with Gasteiger partial charge in [-0.3, -0.25) is 24.0 Å². The topological polar surface area (TPSA) is 141 Å². The van der Waals surface area contributed by atoms with E-state index in [2.05, 4.69) is 34.6 Å². The van der Waals surface area contributed by atoms with Gasteiger partial charge in [0.05, 0.1) is 0 Å². The van der Waals surface area contributed by atoms with E-state index in [1.54, 1.807) is 0 Å². The molecule has 11 heteroatoms. The van der Waals surface area contributed by atoms with Gasteiger partial charge in [0.1, 0.15) is 12.7 Å². The van der Waals surface area contributed by atoms with Crippen LogP contribution in [0.25, 0.3) is 0 Å². The number of carbonyl (C=O) groups is 5. The zero-order valence-electron chi connectivity index (χ0n) is 36.8. The molecule has 1 aliphatic rings. The highest BCUT2D eigenvalue weighted by atomic mass is 16.7. The van der Waals surface area contributed by atoms with E-state index in [1.165, 1.54) is 0 Å². The van der Waals surface area contributed by atoms with Crippen molar-refractivity contribution in [1.29, 1.82) is 0 Å². The molecule has 0 bridgehead atoms. The summed E-state index contributed by atoms with van der Waals surface area (Å²) in [5.74, 6) is -2.63. The number of carbonyl (C=O) groups excluding carboxylic acids is 5. The number of unbranched alkanes of at least 4 members (excludes halogenated alkanes) is 20. The number of rotatable bonds is 36. The highest BCUT2D eigenvalue weighted by Crippen LogP contribution is 2.32. The van der Waals surface area contributed by atoms with Gasteiger partial charge < -0.3 is 28.4 Å². The molecule has 0 N–H and O–H groups in total. The monoisotopic (exact) mass is 811 g/mol. The van der Waals surface area contributed by atoms with Crippen molar-refractivity contribution >= 4 is 29.8 Å². The smallest absolute Gasteiger partial charge is 0.308 e. The minimum absolute atomic E-state index is 0.108. The molecular weight excluding hydrogens is 728 g/mol. The lowest BCUT2D eigenvalue weighted by Crippen LogP contribution is -2.63. The summed E-state index contributed by atoms with van der Waals surface area (Å²) in [6.45, 7) is 10.3. The first kappa shape index (κ1) is 52.3. The van der Waals surface area contributed by atoms with Crippen LogP contribution in [0, 0.1) is 0 Å². The van der Waals surface area contributed by atoms with Gasteiger partial charge in [0.25, 0.3) is 0 Å². The lowest BCUT2D eigenvalue weighted by molar-refractivity contribution is -0.301.